The van der Waals surface area contributed by atoms with Crippen LogP contribution in [0.2, 0.25) is 5.02 Å². The molecule has 0 heterocycles. The van der Waals surface area contributed by atoms with Crippen molar-refractivity contribution >= 4 is 23.2 Å². The van der Waals surface area contributed by atoms with Crippen molar-refractivity contribution in [3.63, 3.8) is 0 Å². The average molecular weight is 322 g/mol. The minimum absolute atomic E-state index is 0.0134. The number of amides is 1. The third-order valence-corrected chi connectivity index (χ3v) is 3.32. The Bertz CT molecular complexity index is 661. The van der Waals surface area contributed by atoms with Gasteiger partial charge in [0.2, 0.25) is 5.91 Å². The van der Waals surface area contributed by atoms with Crippen molar-refractivity contribution in [2.45, 2.75) is 19.8 Å². The molecule has 22 heavy (non-hydrogen) atoms. The van der Waals surface area contributed by atoms with E-state index in [0.717, 1.165) is 11.3 Å². The fourth-order valence-corrected chi connectivity index (χ4v) is 2.12. The average Bonchev–Trinajstić information content (AvgIpc) is 2.49. The summed E-state index contributed by atoms with van der Waals surface area (Å²) in [6, 6.07) is 12.2. The first-order valence-electron chi connectivity index (χ1n) is 6.99. The van der Waals surface area contributed by atoms with Gasteiger partial charge in [0.1, 0.15) is 5.75 Å². The number of benzene rings is 2. The van der Waals surface area contributed by atoms with E-state index in [9.17, 15) is 9.18 Å². The molecule has 0 aliphatic carbocycles. The zero-order valence-electron chi connectivity index (χ0n) is 12.2. The van der Waals surface area contributed by atoms with E-state index in [-0.39, 0.29) is 23.0 Å². The molecule has 0 fully saturated rings. The summed E-state index contributed by atoms with van der Waals surface area (Å²) in [6.45, 7) is 2.41. The van der Waals surface area contributed by atoms with Crippen LogP contribution in [0.3, 0.4) is 0 Å². The van der Waals surface area contributed by atoms with E-state index in [4.69, 9.17) is 16.3 Å². The molecular formula is C17H17ClFNO2. The van der Waals surface area contributed by atoms with Gasteiger partial charge in [0.25, 0.3) is 0 Å². The molecule has 2 rings (SSSR count). The fraction of sp³-hybridized carbons (Fsp3) is 0.235. The largest absolute Gasteiger partial charge is 0.494 e. The molecule has 2 aromatic carbocycles. The molecule has 0 radical (unpaired) electrons. The van der Waals surface area contributed by atoms with Crippen LogP contribution in [-0.2, 0) is 4.79 Å². The predicted molar refractivity (Wildman–Crippen MR) is 85.9 cm³/mol. The lowest BCUT2D eigenvalue weighted by atomic mass is 10.2. The second kappa shape index (κ2) is 7.80. The highest BCUT2D eigenvalue weighted by Crippen LogP contribution is 2.22. The zero-order valence-corrected chi connectivity index (χ0v) is 13.0. The molecule has 1 amide bonds. The normalized spacial score (nSPS) is 10.3. The molecule has 1 N–H and O–H groups in total. The topological polar surface area (TPSA) is 38.3 Å². The second-order valence-corrected chi connectivity index (χ2v) is 5.33. The Kier molecular flexibility index (Phi) is 5.78. The lowest BCUT2D eigenvalue weighted by Gasteiger charge is -2.08. The van der Waals surface area contributed by atoms with Crippen molar-refractivity contribution in [1.82, 2.24) is 0 Å². The number of ether oxygens (including phenoxy) is 1. The molecule has 0 aliphatic rings. The van der Waals surface area contributed by atoms with Crippen molar-refractivity contribution in [3.8, 4) is 5.75 Å². The predicted octanol–water partition coefficient (Wildman–Crippen LogP) is 4.59. The van der Waals surface area contributed by atoms with Gasteiger partial charge in [0.15, 0.2) is 5.82 Å². The number of carbonyl (C=O) groups excluding carboxylic acids is 1. The molecule has 5 heteroatoms. The number of anilines is 1. The van der Waals surface area contributed by atoms with Gasteiger partial charge in [-0.2, -0.15) is 0 Å². The number of carbonyl (C=O) groups is 1. The maximum atomic E-state index is 13.6. The van der Waals surface area contributed by atoms with Crippen LogP contribution in [0.25, 0.3) is 0 Å². The highest BCUT2D eigenvalue weighted by Gasteiger charge is 2.09. The van der Waals surface area contributed by atoms with Crippen molar-refractivity contribution < 1.29 is 13.9 Å². The number of hydrogen-bond acceptors (Lipinski definition) is 2. The molecule has 116 valence electrons. The monoisotopic (exact) mass is 321 g/mol. The molecule has 0 atom stereocenters. The van der Waals surface area contributed by atoms with E-state index in [1.54, 1.807) is 6.07 Å². The Morgan fingerprint density at radius 2 is 2.05 bits per heavy atom. The van der Waals surface area contributed by atoms with E-state index in [2.05, 4.69) is 5.32 Å². The zero-order chi connectivity index (χ0) is 15.9. The SMILES string of the molecule is Cc1cccc(OCCCC(=O)Nc2cccc(Cl)c2F)c1. The molecule has 0 spiro atoms. The van der Waals surface area contributed by atoms with Crippen LogP contribution >= 0.6 is 11.6 Å². The van der Waals surface area contributed by atoms with E-state index in [1.807, 2.05) is 31.2 Å². The minimum Gasteiger partial charge on any atom is -0.494 e. The van der Waals surface area contributed by atoms with Crippen LogP contribution in [0.5, 0.6) is 5.75 Å². The Morgan fingerprint density at radius 1 is 1.27 bits per heavy atom. The molecule has 0 unspecified atom stereocenters. The van der Waals surface area contributed by atoms with Gasteiger partial charge < -0.3 is 10.1 Å². The number of aryl methyl sites for hydroxylation is 1. The number of hydrogen-bond donors (Lipinski definition) is 1. The fourth-order valence-electron chi connectivity index (χ4n) is 1.94. The van der Waals surface area contributed by atoms with E-state index in [0.29, 0.717) is 13.0 Å². The summed E-state index contributed by atoms with van der Waals surface area (Å²) in [6.07, 6.45) is 0.791. The maximum Gasteiger partial charge on any atom is 0.224 e. The summed E-state index contributed by atoms with van der Waals surface area (Å²) < 4.78 is 19.2. The van der Waals surface area contributed by atoms with Gasteiger partial charge in [-0.25, -0.2) is 4.39 Å². The summed E-state index contributed by atoms with van der Waals surface area (Å²) in [5.41, 5.74) is 1.21. The highest BCUT2D eigenvalue weighted by atomic mass is 35.5. The molecule has 0 saturated carbocycles. The number of halogens is 2. The summed E-state index contributed by atoms with van der Waals surface area (Å²) in [5, 5.41) is 2.49. The van der Waals surface area contributed by atoms with Crippen LogP contribution in [-0.4, -0.2) is 12.5 Å². The van der Waals surface area contributed by atoms with Crippen molar-refractivity contribution in [2.24, 2.45) is 0 Å². The first-order chi connectivity index (χ1) is 10.6. The van der Waals surface area contributed by atoms with Crippen LogP contribution in [0.4, 0.5) is 10.1 Å². The molecular weight excluding hydrogens is 305 g/mol. The lowest BCUT2D eigenvalue weighted by Crippen LogP contribution is -2.13. The van der Waals surface area contributed by atoms with Crippen molar-refractivity contribution in [3.05, 3.63) is 58.9 Å². The van der Waals surface area contributed by atoms with Gasteiger partial charge in [-0.15, -0.1) is 0 Å². The van der Waals surface area contributed by atoms with Crippen LogP contribution in [0.15, 0.2) is 42.5 Å². The number of rotatable bonds is 6. The standard InChI is InChI=1S/C17H17ClFNO2/c1-12-5-2-6-13(11-12)22-10-4-9-16(21)20-15-8-3-7-14(18)17(15)19/h2-3,5-8,11H,4,9-10H2,1H3,(H,20,21). The Morgan fingerprint density at radius 3 is 2.82 bits per heavy atom. The van der Waals surface area contributed by atoms with Gasteiger partial charge in [0, 0.05) is 6.42 Å². The van der Waals surface area contributed by atoms with E-state index >= 15 is 0 Å². The third-order valence-electron chi connectivity index (χ3n) is 3.03. The maximum absolute atomic E-state index is 13.6. The Hall–Kier alpha value is -2.07. The van der Waals surface area contributed by atoms with Crippen LogP contribution in [0, 0.1) is 12.7 Å². The first kappa shape index (κ1) is 16.3. The summed E-state index contributed by atoms with van der Waals surface area (Å²) >= 11 is 5.66. The van der Waals surface area contributed by atoms with Crippen LogP contribution in [0.1, 0.15) is 18.4 Å². The smallest absolute Gasteiger partial charge is 0.224 e. The highest BCUT2D eigenvalue weighted by molar-refractivity contribution is 6.31. The number of nitrogens with one attached hydrogen (secondary N) is 1. The van der Waals surface area contributed by atoms with Gasteiger partial charge in [0.05, 0.1) is 17.3 Å². The molecule has 2 aromatic rings. The summed E-state index contributed by atoms with van der Waals surface area (Å²) in [7, 11) is 0. The lowest BCUT2D eigenvalue weighted by molar-refractivity contribution is -0.116. The molecule has 0 bridgehead atoms. The van der Waals surface area contributed by atoms with E-state index < -0.39 is 5.82 Å². The quantitative estimate of drug-likeness (QED) is 0.790. The van der Waals surface area contributed by atoms with Gasteiger partial charge in [-0.1, -0.05) is 29.8 Å². The summed E-state index contributed by atoms with van der Waals surface area (Å²) in [5.74, 6) is -0.108. The minimum atomic E-state index is -0.617. The molecule has 0 saturated heterocycles. The third kappa shape index (κ3) is 4.74. The van der Waals surface area contributed by atoms with Gasteiger partial charge in [-0.3, -0.25) is 4.79 Å². The Balaban J connectivity index is 1.75. The molecule has 0 aliphatic heterocycles. The van der Waals surface area contributed by atoms with Crippen LogP contribution < -0.4 is 10.1 Å². The second-order valence-electron chi connectivity index (χ2n) is 4.92. The molecule has 3 nitrogen and oxygen atoms in total. The summed E-state index contributed by atoms with van der Waals surface area (Å²) in [4.78, 5) is 11.8. The van der Waals surface area contributed by atoms with Gasteiger partial charge in [-0.05, 0) is 43.2 Å². The van der Waals surface area contributed by atoms with Crippen molar-refractivity contribution in [2.75, 3.05) is 11.9 Å². The first-order valence-corrected chi connectivity index (χ1v) is 7.37. The van der Waals surface area contributed by atoms with E-state index in [1.165, 1.54) is 12.1 Å². The van der Waals surface area contributed by atoms with Crippen molar-refractivity contribution in [1.29, 1.82) is 0 Å². The Labute approximate surface area is 134 Å². The molecule has 0 aromatic heterocycles. The van der Waals surface area contributed by atoms with Gasteiger partial charge >= 0.3 is 0 Å².